The van der Waals surface area contributed by atoms with E-state index in [0.717, 1.165) is 58.9 Å². The zero-order valence-electron chi connectivity index (χ0n) is 23.6. The molecule has 9 aromatic rings. The molecule has 0 amide bonds. The van der Waals surface area contributed by atoms with Crippen molar-refractivity contribution in [1.29, 1.82) is 5.26 Å². The van der Waals surface area contributed by atoms with Gasteiger partial charge in [-0.25, -0.2) is 0 Å². The lowest BCUT2D eigenvalue weighted by Crippen LogP contribution is -1.94. The maximum absolute atomic E-state index is 10.2. The Morgan fingerprint density at radius 3 is 2.09 bits per heavy atom. The molecular weight excluding hydrogens is 545 g/mol. The molecule has 0 aliphatic carbocycles. The van der Waals surface area contributed by atoms with Gasteiger partial charge in [-0.3, -0.25) is 0 Å². The summed E-state index contributed by atoms with van der Waals surface area (Å²) < 4.78 is 11.0. The molecule has 202 valence electrons. The molecule has 3 aromatic heterocycles. The van der Waals surface area contributed by atoms with E-state index in [2.05, 4.69) is 115 Å². The van der Waals surface area contributed by atoms with Crippen LogP contribution < -0.4 is 0 Å². The van der Waals surface area contributed by atoms with Crippen molar-refractivity contribution in [2.24, 2.45) is 0 Å². The Bertz CT molecular complexity index is 2600. The highest BCUT2D eigenvalue weighted by molar-refractivity contribution is 7.26. The van der Waals surface area contributed by atoms with Crippen LogP contribution in [0.3, 0.4) is 0 Å². The molecule has 3 heterocycles. The predicted molar refractivity (Wildman–Crippen MR) is 181 cm³/mol. The highest BCUT2D eigenvalue weighted by Crippen LogP contribution is 2.47. The Balaban J connectivity index is 1.41. The van der Waals surface area contributed by atoms with Gasteiger partial charge >= 0.3 is 0 Å². The van der Waals surface area contributed by atoms with Crippen molar-refractivity contribution in [1.82, 2.24) is 4.57 Å². The van der Waals surface area contributed by atoms with E-state index in [1.807, 2.05) is 18.2 Å². The largest absolute Gasteiger partial charge is 0.455 e. The standard InChI is InChI=1S/C39H24N2OS/c1-22-13-17-32-30(19-22)31-20-23(2)14-18-33(31)41(32)34-11-6-10-29-36-26(16-15-24(21-40)38(36)43-39(29)34)28-9-5-8-27-25-7-3-4-12-35(25)42-37(27)28/h3-20H,1-2H3. The summed E-state index contributed by atoms with van der Waals surface area (Å²) >= 11 is 1.71. The number of aryl methyl sites for hydroxylation is 2. The van der Waals surface area contributed by atoms with Crippen LogP contribution in [0.1, 0.15) is 16.7 Å². The number of hydrogen-bond donors (Lipinski definition) is 0. The highest BCUT2D eigenvalue weighted by atomic mass is 32.1. The molecule has 0 saturated heterocycles. The van der Waals surface area contributed by atoms with E-state index in [1.54, 1.807) is 11.3 Å². The minimum absolute atomic E-state index is 0.691. The number of aromatic nitrogens is 1. The van der Waals surface area contributed by atoms with Gasteiger partial charge in [-0.15, -0.1) is 11.3 Å². The number of benzene rings is 6. The fourth-order valence-electron chi connectivity index (χ4n) is 6.85. The van der Waals surface area contributed by atoms with Gasteiger partial charge in [0.25, 0.3) is 0 Å². The molecule has 0 atom stereocenters. The number of nitrogens with zero attached hydrogens (tertiary/aromatic N) is 2. The van der Waals surface area contributed by atoms with Gasteiger partial charge in [0.15, 0.2) is 0 Å². The molecule has 9 rings (SSSR count). The molecular formula is C39H24N2OS. The van der Waals surface area contributed by atoms with Crippen molar-refractivity contribution >= 4 is 75.3 Å². The summed E-state index contributed by atoms with van der Waals surface area (Å²) in [6, 6.07) is 41.1. The monoisotopic (exact) mass is 568 g/mol. The van der Waals surface area contributed by atoms with Crippen LogP contribution in [0.15, 0.2) is 114 Å². The van der Waals surface area contributed by atoms with Gasteiger partial charge in [-0.1, -0.05) is 77.9 Å². The quantitative estimate of drug-likeness (QED) is 0.208. The second-order valence-corrected chi connectivity index (χ2v) is 12.4. The van der Waals surface area contributed by atoms with E-state index < -0.39 is 0 Å². The molecule has 0 N–H and O–H groups in total. The van der Waals surface area contributed by atoms with E-state index >= 15 is 0 Å². The molecule has 0 bridgehead atoms. The summed E-state index contributed by atoms with van der Waals surface area (Å²) in [4.78, 5) is 0. The number of para-hydroxylation sites is 2. The molecule has 0 aliphatic heterocycles. The predicted octanol–water partition coefficient (Wildman–Crippen LogP) is 11.2. The van der Waals surface area contributed by atoms with Crippen molar-refractivity contribution in [3.63, 3.8) is 0 Å². The van der Waals surface area contributed by atoms with Crippen LogP contribution in [0.4, 0.5) is 0 Å². The summed E-state index contributed by atoms with van der Waals surface area (Å²) in [5, 5.41) is 17.2. The van der Waals surface area contributed by atoms with E-state index in [0.29, 0.717) is 5.56 Å². The first-order valence-corrected chi connectivity index (χ1v) is 15.2. The SMILES string of the molecule is Cc1ccc2c(c1)c1cc(C)ccc1n2-c1cccc2c1sc1c(C#N)ccc(-c3cccc4c3oc3ccccc34)c12. The normalized spacial score (nSPS) is 11.9. The first-order chi connectivity index (χ1) is 21.1. The van der Waals surface area contributed by atoms with Gasteiger partial charge in [0.2, 0.25) is 0 Å². The molecule has 6 aromatic carbocycles. The van der Waals surface area contributed by atoms with Crippen LogP contribution in [0.2, 0.25) is 0 Å². The second kappa shape index (κ2) is 8.82. The van der Waals surface area contributed by atoms with E-state index in [9.17, 15) is 5.26 Å². The molecule has 3 nitrogen and oxygen atoms in total. The Labute approximate surface area is 251 Å². The fraction of sp³-hybridized carbons (Fsp3) is 0.0513. The zero-order chi connectivity index (χ0) is 28.8. The second-order valence-electron chi connectivity index (χ2n) is 11.4. The Morgan fingerprint density at radius 1 is 0.628 bits per heavy atom. The summed E-state index contributed by atoms with van der Waals surface area (Å²) in [6.45, 7) is 4.30. The summed E-state index contributed by atoms with van der Waals surface area (Å²) in [5.41, 5.74) is 10.5. The van der Waals surface area contributed by atoms with Gasteiger partial charge < -0.3 is 8.98 Å². The topological polar surface area (TPSA) is 41.9 Å². The number of nitriles is 1. The number of hydrogen-bond acceptors (Lipinski definition) is 3. The number of fused-ring (bicyclic) bond motifs is 9. The first kappa shape index (κ1) is 24.2. The van der Waals surface area contributed by atoms with Crippen LogP contribution >= 0.6 is 11.3 Å². The van der Waals surface area contributed by atoms with Gasteiger partial charge in [0.05, 0.1) is 31.7 Å². The Kier molecular flexibility index (Phi) is 4.97. The van der Waals surface area contributed by atoms with Gasteiger partial charge in [0.1, 0.15) is 17.2 Å². The zero-order valence-corrected chi connectivity index (χ0v) is 24.4. The lowest BCUT2D eigenvalue weighted by Gasteiger charge is -2.10. The average molecular weight is 569 g/mol. The Hall–Kier alpha value is -5.37. The smallest absolute Gasteiger partial charge is 0.143 e. The number of furan rings is 1. The van der Waals surface area contributed by atoms with Crippen LogP contribution in [-0.2, 0) is 0 Å². The third-order valence-electron chi connectivity index (χ3n) is 8.76. The van der Waals surface area contributed by atoms with Crippen molar-refractivity contribution in [2.75, 3.05) is 0 Å². The third kappa shape index (κ3) is 3.34. The van der Waals surface area contributed by atoms with E-state index in [-0.39, 0.29) is 0 Å². The van der Waals surface area contributed by atoms with Crippen molar-refractivity contribution in [2.45, 2.75) is 13.8 Å². The van der Waals surface area contributed by atoms with Gasteiger partial charge in [-0.2, -0.15) is 5.26 Å². The number of rotatable bonds is 2. The molecule has 0 fully saturated rings. The van der Waals surface area contributed by atoms with Crippen molar-refractivity contribution in [3.05, 3.63) is 126 Å². The van der Waals surface area contributed by atoms with Gasteiger partial charge in [0, 0.05) is 37.9 Å². The summed E-state index contributed by atoms with van der Waals surface area (Å²) in [6.07, 6.45) is 0. The van der Waals surface area contributed by atoms with Crippen molar-refractivity contribution in [3.8, 4) is 22.9 Å². The number of thiophene rings is 1. The van der Waals surface area contributed by atoms with Crippen LogP contribution in [0, 0.1) is 25.2 Å². The van der Waals surface area contributed by atoms with Gasteiger partial charge in [-0.05, 0) is 61.9 Å². The molecule has 0 unspecified atom stereocenters. The molecule has 0 spiro atoms. The summed E-state index contributed by atoms with van der Waals surface area (Å²) in [7, 11) is 0. The van der Waals surface area contributed by atoms with Crippen LogP contribution in [0.5, 0.6) is 0 Å². The lowest BCUT2D eigenvalue weighted by molar-refractivity contribution is 0.670. The Morgan fingerprint density at radius 2 is 1.33 bits per heavy atom. The maximum Gasteiger partial charge on any atom is 0.143 e. The molecule has 4 heteroatoms. The average Bonchev–Trinajstić information content (AvgIpc) is 3.70. The molecule has 43 heavy (non-hydrogen) atoms. The molecule has 0 radical (unpaired) electrons. The van der Waals surface area contributed by atoms with E-state index in [4.69, 9.17) is 4.42 Å². The van der Waals surface area contributed by atoms with Crippen molar-refractivity contribution < 1.29 is 4.42 Å². The van der Waals surface area contributed by atoms with Crippen LogP contribution in [-0.4, -0.2) is 4.57 Å². The minimum Gasteiger partial charge on any atom is -0.455 e. The summed E-state index contributed by atoms with van der Waals surface area (Å²) in [5.74, 6) is 0. The third-order valence-corrected chi connectivity index (χ3v) is 10.0. The maximum atomic E-state index is 10.2. The van der Waals surface area contributed by atoms with Crippen LogP contribution in [0.25, 0.3) is 80.7 Å². The van der Waals surface area contributed by atoms with E-state index in [1.165, 1.54) is 32.9 Å². The first-order valence-electron chi connectivity index (χ1n) is 14.4. The molecule has 0 saturated carbocycles. The molecule has 0 aliphatic rings. The minimum atomic E-state index is 0.691. The fourth-order valence-corrected chi connectivity index (χ4v) is 8.14. The lowest BCUT2D eigenvalue weighted by atomic mass is 9.96. The highest BCUT2D eigenvalue weighted by Gasteiger charge is 2.21.